The zero-order chi connectivity index (χ0) is 21.3. The minimum Gasteiger partial charge on any atom is -0.351 e. The molecule has 0 spiro atoms. The lowest BCUT2D eigenvalue weighted by Gasteiger charge is -2.35. The largest absolute Gasteiger partial charge is 0.351 e. The van der Waals surface area contributed by atoms with Gasteiger partial charge in [0.15, 0.2) is 11.6 Å². The Labute approximate surface area is 185 Å². The van der Waals surface area contributed by atoms with Crippen molar-refractivity contribution in [1.82, 2.24) is 14.9 Å². The molecule has 1 fully saturated rings. The first-order valence-corrected chi connectivity index (χ1v) is 11.8. The summed E-state index contributed by atoms with van der Waals surface area (Å²) < 4.78 is 28.8. The van der Waals surface area contributed by atoms with Gasteiger partial charge >= 0.3 is 0 Å². The number of aromatic nitrogens is 2. The highest BCUT2D eigenvalue weighted by Crippen LogP contribution is 2.31. The second kappa shape index (κ2) is 8.55. The summed E-state index contributed by atoms with van der Waals surface area (Å²) in [5, 5.41) is 0.360. The molecule has 2 heterocycles. The van der Waals surface area contributed by atoms with Crippen molar-refractivity contribution in [3.63, 3.8) is 0 Å². The third-order valence-corrected chi connectivity index (χ3v) is 7.14. The van der Waals surface area contributed by atoms with E-state index in [1.54, 1.807) is 6.07 Å². The van der Waals surface area contributed by atoms with Crippen LogP contribution < -0.4 is 9.62 Å². The number of benzene rings is 2. The highest BCUT2D eigenvalue weighted by Gasteiger charge is 2.26. The second-order valence-corrected chi connectivity index (χ2v) is 9.48. The number of nitrogens with zero attached hydrogens (tertiary/aromatic N) is 4. The average Bonchev–Trinajstić information content (AvgIpc) is 2.74. The number of para-hydroxylation sites is 2. The molecule has 0 unspecified atom stereocenters. The predicted octanol–water partition coefficient (Wildman–Crippen LogP) is 3.88. The van der Waals surface area contributed by atoms with Crippen molar-refractivity contribution in [2.75, 3.05) is 42.3 Å². The van der Waals surface area contributed by atoms with Crippen LogP contribution in [0.25, 0.3) is 11.0 Å². The Balaban J connectivity index is 1.76. The molecule has 1 aromatic heterocycles. The van der Waals surface area contributed by atoms with Gasteiger partial charge in [0, 0.05) is 31.2 Å². The van der Waals surface area contributed by atoms with Gasteiger partial charge in [0.2, 0.25) is 0 Å². The fourth-order valence-corrected chi connectivity index (χ4v) is 5.19. The van der Waals surface area contributed by atoms with Gasteiger partial charge in [0.25, 0.3) is 10.0 Å². The van der Waals surface area contributed by atoms with Crippen molar-refractivity contribution in [1.29, 1.82) is 0 Å². The molecule has 1 aliphatic heterocycles. The van der Waals surface area contributed by atoms with Crippen molar-refractivity contribution in [3.05, 3.63) is 52.5 Å². The standard InChI is InChI=1S/C20H21Cl2N5O2S/c1-2-26-9-11-27(12-10-26)20-19(23-16-5-3-4-6-17(16)24-20)25-30(28,29)18-13-14(21)7-8-15(18)22/h3-8,13H,2,9-12H2,1H3,(H,23,25). The van der Waals surface area contributed by atoms with E-state index in [1.165, 1.54) is 18.2 Å². The molecule has 2 aromatic carbocycles. The molecule has 0 bridgehead atoms. The number of likely N-dealkylation sites (N-methyl/N-ethyl adjacent to an activating group) is 1. The molecule has 1 saturated heterocycles. The Kier molecular flexibility index (Phi) is 6.02. The number of halogens is 2. The van der Waals surface area contributed by atoms with Gasteiger partial charge in [-0.15, -0.1) is 0 Å². The molecule has 10 heteroatoms. The third-order valence-electron chi connectivity index (χ3n) is 5.08. The van der Waals surface area contributed by atoms with Gasteiger partial charge in [0.1, 0.15) is 4.90 Å². The van der Waals surface area contributed by atoms with E-state index < -0.39 is 10.0 Å². The van der Waals surface area contributed by atoms with Crippen LogP contribution >= 0.6 is 23.2 Å². The van der Waals surface area contributed by atoms with E-state index >= 15 is 0 Å². The quantitative estimate of drug-likeness (QED) is 0.615. The fourth-order valence-electron chi connectivity index (χ4n) is 3.42. The summed E-state index contributed by atoms with van der Waals surface area (Å²) in [6.45, 7) is 6.30. The number of sulfonamides is 1. The molecular weight excluding hydrogens is 445 g/mol. The van der Waals surface area contributed by atoms with Crippen LogP contribution in [0, 0.1) is 0 Å². The highest BCUT2D eigenvalue weighted by molar-refractivity contribution is 7.92. The maximum absolute atomic E-state index is 13.1. The van der Waals surface area contributed by atoms with E-state index in [2.05, 4.69) is 26.4 Å². The summed E-state index contributed by atoms with van der Waals surface area (Å²) in [6, 6.07) is 11.7. The number of piperazine rings is 1. The minimum absolute atomic E-state index is 0.0822. The van der Waals surface area contributed by atoms with Crippen molar-refractivity contribution in [2.24, 2.45) is 0 Å². The molecule has 4 rings (SSSR count). The Hall–Kier alpha value is -2.13. The number of rotatable bonds is 5. The zero-order valence-electron chi connectivity index (χ0n) is 16.3. The van der Waals surface area contributed by atoms with Crippen molar-refractivity contribution in [2.45, 2.75) is 11.8 Å². The summed E-state index contributed by atoms with van der Waals surface area (Å²) in [5.74, 6) is 0.681. The molecule has 3 aromatic rings. The summed E-state index contributed by atoms with van der Waals surface area (Å²) in [4.78, 5) is 13.6. The lowest BCUT2D eigenvalue weighted by Crippen LogP contribution is -2.46. The Morgan fingerprint density at radius 2 is 1.67 bits per heavy atom. The lowest BCUT2D eigenvalue weighted by atomic mass is 10.3. The minimum atomic E-state index is -4.02. The highest BCUT2D eigenvalue weighted by atomic mass is 35.5. The normalized spacial score (nSPS) is 15.5. The monoisotopic (exact) mass is 465 g/mol. The lowest BCUT2D eigenvalue weighted by molar-refractivity contribution is 0.270. The number of hydrogen-bond donors (Lipinski definition) is 1. The number of nitrogens with one attached hydrogen (secondary N) is 1. The van der Waals surface area contributed by atoms with Crippen LogP contribution in [-0.4, -0.2) is 56.0 Å². The van der Waals surface area contributed by atoms with E-state index in [-0.39, 0.29) is 20.8 Å². The van der Waals surface area contributed by atoms with Gasteiger partial charge in [-0.25, -0.2) is 18.4 Å². The van der Waals surface area contributed by atoms with Crippen LogP contribution in [0.2, 0.25) is 10.0 Å². The average molecular weight is 466 g/mol. The van der Waals surface area contributed by atoms with Crippen LogP contribution in [0.5, 0.6) is 0 Å². The van der Waals surface area contributed by atoms with E-state index in [0.29, 0.717) is 16.9 Å². The number of anilines is 2. The van der Waals surface area contributed by atoms with Gasteiger partial charge in [-0.3, -0.25) is 4.72 Å². The molecule has 0 amide bonds. The van der Waals surface area contributed by atoms with Gasteiger partial charge in [-0.2, -0.15) is 0 Å². The first kappa shape index (κ1) is 21.1. The maximum atomic E-state index is 13.1. The van der Waals surface area contributed by atoms with Gasteiger partial charge in [-0.05, 0) is 36.9 Å². The molecule has 1 aliphatic rings. The second-order valence-electron chi connectivity index (χ2n) is 6.99. The fraction of sp³-hybridized carbons (Fsp3) is 0.300. The zero-order valence-corrected chi connectivity index (χ0v) is 18.7. The topological polar surface area (TPSA) is 78.4 Å². The number of fused-ring (bicyclic) bond motifs is 1. The predicted molar refractivity (Wildman–Crippen MR) is 121 cm³/mol. The maximum Gasteiger partial charge on any atom is 0.264 e. The van der Waals surface area contributed by atoms with Crippen LogP contribution in [-0.2, 0) is 10.0 Å². The van der Waals surface area contributed by atoms with Crippen molar-refractivity contribution in [3.8, 4) is 0 Å². The van der Waals surface area contributed by atoms with E-state index in [1.807, 2.05) is 18.2 Å². The van der Waals surface area contributed by atoms with Gasteiger partial charge in [0.05, 0.1) is 16.1 Å². The Morgan fingerprint density at radius 3 is 2.33 bits per heavy atom. The smallest absolute Gasteiger partial charge is 0.264 e. The summed E-state index contributed by atoms with van der Waals surface area (Å²) in [7, 11) is -4.02. The molecule has 0 aliphatic carbocycles. The molecular formula is C20H21Cl2N5O2S. The molecule has 30 heavy (non-hydrogen) atoms. The molecule has 158 valence electrons. The van der Waals surface area contributed by atoms with Crippen molar-refractivity contribution < 1.29 is 8.42 Å². The van der Waals surface area contributed by atoms with Crippen LogP contribution in [0.3, 0.4) is 0 Å². The Morgan fingerprint density at radius 1 is 1.00 bits per heavy atom. The van der Waals surface area contributed by atoms with Crippen LogP contribution in [0.4, 0.5) is 11.6 Å². The molecule has 1 N–H and O–H groups in total. The summed E-state index contributed by atoms with van der Waals surface area (Å²) in [5.41, 5.74) is 1.30. The first-order chi connectivity index (χ1) is 14.4. The van der Waals surface area contributed by atoms with Gasteiger partial charge < -0.3 is 9.80 Å². The van der Waals surface area contributed by atoms with Crippen molar-refractivity contribution >= 4 is 55.9 Å². The van der Waals surface area contributed by atoms with E-state index in [0.717, 1.165) is 32.7 Å². The first-order valence-electron chi connectivity index (χ1n) is 9.59. The molecule has 0 atom stereocenters. The molecule has 0 radical (unpaired) electrons. The third kappa shape index (κ3) is 4.32. The molecule has 0 saturated carbocycles. The summed E-state index contributed by atoms with van der Waals surface area (Å²) >= 11 is 12.1. The summed E-state index contributed by atoms with van der Waals surface area (Å²) in [6.07, 6.45) is 0. The van der Waals surface area contributed by atoms with Crippen LogP contribution in [0.15, 0.2) is 47.4 Å². The SMILES string of the molecule is CCN1CCN(c2nc3ccccc3nc2NS(=O)(=O)c2cc(Cl)ccc2Cl)CC1. The Bertz CT molecular complexity index is 1180. The van der Waals surface area contributed by atoms with Gasteiger partial charge in [-0.1, -0.05) is 42.3 Å². The van der Waals surface area contributed by atoms with E-state index in [4.69, 9.17) is 28.2 Å². The van der Waals surface area contributed by atoms with Crippen LogP contribution in [0.1, 0.15) is 6.92 Å². The van der Waals surface area contributed by atoms with E-state index in [9.17, 15) is 8.42 Å². The molecule has 7 nitrogen and oxygen atoms in total. The number of hydrogen-bond acceptors (Lipinski definition) is 6.